The number of hydrogen-bond acceptors (Lipinski definition) is 3. The number of rotatable bonds is 4. The first kappa shape index (κ1) is 19.7. The van der Waals surface area contributed by atoms with Crippen molar-refractivity contribution in [2.24, 2.45) is 0 Å². The van der Waals surface area contributed by atoms with Crippen LogP contribution in [0.15, 0.2) is 16.6 Å². The van der Waals surface area contributed by atoms with Gasteiger partial charge in [0.05, 0.1) is 23.0 Å². The third-order valence-corrected chi connectivity index (χ3v) is 6.61. The summed E-state index contributed by atoms with van der Waals surface area (Å²) in [4.78, 5) is 15.5. The molecule has 0 radical (unpaired) electrons. The van der Waals surface area contributed by atoms with E-state index in [1.807, 2.05) is 4.57 Å². The van der Waals surface area contributed by atoms with Crippen molar-refractivity contribution in [1.82, 2.24) is 14.9 Å². The van der Waals surface area contributed by atoms with Gasteiger partial charge in [0, 0.05) is 29.4 Å². The van der Waals surface area contributed by atoms with Crippen LogP contribution in [0.3, 0.4) is 0 Å². The van der Waals surface area contributed by atoms with Gasteiger partial charge in [0.2, 0.25) is 5.91 Å². The molecule has 0 bridgehead atoms. The number of halogens is 3. The second-order valence-corrected chi connectivity index (χ2v) is 8.71. The number of nitrogens with one attached hydrogen (secondary N) is 2. The minimum Gasteiger partial charge on any atom is -0.391 e. The zero-order valence-electron chi connectivity index (χ0n) is 15.0. The number of H-pyrrole nitrogens is 1. The predicted octanol–water partition coefficient (Wildman–Crippen LogP) is 3.50. The van der Waals surface area contributed by atoms with Crippen molar-refractivity contribution >= 4 is 34.1 Å². The van der Waals surface area contributed by atoms with Crippen molar-refractivity contribution in [2.45, 2.75) is 56.7 Å². The molecule has 1 saturated carbocycles. The molecule has 4 rings (SSSR count). The van der Waals surface area contributed by atoms with Crippen molar-refractivity contribution in [3.05, 3.63) is 50.0 Å². The van der Waals surface area contributed by atoms with E-state index in [9.17, 15) is 18.7 Å². The summed E-state index contributed by atoms with van der Waals surface area (Å²) in [7, 11) is 0. The summed E-state index contributed by atoms with van der Waals surface area (Å²) >= 11 is 8.46. The normalized spacial score (nSPS) is 23.8. The quantitative estimate of drug-likeness (QED) is 0.472. The Morgan fingerprint density at radius 3 is 2.89 bits per heavy atom. The first-order valence-corrected chi connectivity index (χ1v) is 10.5. The molecular formula is C19H20BrF2N3O2S. The van der Waals surface area contributed by atoms with Crippen LogP contribution in [-0.4, -0.2) is 32.7 Å². The van der Waals surface area contributed by atoms with E-state index in [0.717, 1.165) is 18.5 Å². The second-order valence-electron chi connectivity index (χ2n) is 7.47. The van der Waals surface area contributed by atoms with E-state index in [4.69, 9.17) is 12.2 Å². The van der Waals surface area contributed by atoms with Gasteiger partial charge in [-0.3, -0.25) is 4.79 Å². The van der Waals surface area contributed by atoms with Gasteiger partial charge in [-0.15, -0.1) is 0 Å². The maximum absolute atomic E-state index is 14.5. The average molecular weight is 472 g/mol. The first-order valence-electron chi connectivity index (χ1n) is 9.26. The third kappa shape index (κ3) is 3.55. The van der Waals surface area contributed by atoms with E-state index in [1.165, 1.54) is 12.1 Å². The lowest BCUT2D eigenvalue weighted by Crippen LogP contribution is -2.40. The fraction of sp³-hybridized carbons (Fsp3) is 0.474. The number of aliphatic hydroxyl groups excluding tert-OH is 1. The SMILES string of the molecule is O=C(Cc1[nH]c(=S)n2c1C[C@H](c1c(F)ccc(Br)c1F)C2)N[C@H]1CCC[C@@H]1O. The van der Waals surface area contributed by atoms with Crippen LogP contribution in [0, 0.1) is 16.4 Å². The van der Waals surface area contributed by atoms with Crippen molar-refractivity contribution in [3.63, 3.8) is 0 Å². The van der Waals surface area contributed by atoms with Gasteiger partial charge in [0.1, 0.15) is 11.6 Å². The summed E-state index contributed by atoms with van der Waals surface area (Å²) in [5.41, 5.74) is 1.50. The molecule has 1 fully saturated rings. The maximum Gasteiger partial charge on any atom is 0.226 e. The summed E-state index contributed by atoms with van der Waals surface area (Å²) in [6.45, 7) is 0.359. The highest BCUT2D eigenvalue weighted by molar-refractivity contribution is 9.10. The first-order chi connectivity index (χ1) is 13.3. The van der Waals surface area contributed by atoms with Gasteiger partial charge >= 0.3 is 0 Å². The van der Waals surface area contributed by atoms with Crippen LogP contribution in [0.2, 0.25) is 0 Å². The van der Waals surface area contributed by atoms with E-state index in [0.29, 0.717) is 29.9 Å². The molecule has 2 heterocycles. The fourth-order valence-corrected chi connectivity index (χ4v) is 4.94. The molecule has 150 valence electrons. The Morgan fingerprint density at radius 2 is 2.18 bits per heavy atom. The largest absolute Gasteiger partial charge is 0.391 e. The van der Waals surface area contributed by atoms with Gasteiger partial charge in [-0.05, 0) is 66.0 Å². The smallest absolute Gasteiger partial charge is 0.226 e. The molecule has 1 aliphatic heterocycles. The number of fused-ring (bicyclic) bond motifs is 1. The van der Waals surface area contributed by atoms with E-state index < -0.39 is 17.7 Å². The molecule has 3 atom stereocenters. The van der Waals surface area contributed by atoms with Gasteiger partial charge in [-0.25, -0.2) is 8.78 Å². The maximum atomic E-state index is 14.5. The molecule has 2 aromatic rings. The number of imidazole rings is 1. The fourth-order valence-electron chi connectivity index (χ4n) is 4.28. The Morgan fingerprint density at radius 1 is 1.39 bits per heavy atom. The van der Waals surface area contributed by atoms with Crippen LogP contribution in [-0.2, 0) is 24.2 Å². The number of nitrogens with zero attached hydrogens (tertiary/aromatic N) is 1. The molecular weight excluding hydrogens is 452 g/mol. The van der Waals surface area contributed by atoms with Gasteiger partial charge in [-0.1, -0.05) is 0 Å². The monoisotopic (exact) mass is 471 g/mol. The van der Waals surface area contributed by atoms with Crippen LogP contribution in [0.5, 0.6) is 0 Å². The van der Waals surface area contributed by atoms with Crippen molar-refractivity contribution in [1.29, 1.82) is 0 Å². The summed E-state index contributed by atoms with van der Waals surface area (Å²) in [5.74, 6) is -1.77. The van der Waals surface area contributed by atoms with E-state index in [2.05, 4.69) is 26.2 Å². The lowest BCUT2D eigenvalue weighted by atomic mass is 9.95. The Bertz CT molecular complexity index is 990. The van der Waals surface area contributed by atoms with Crippen LogP contribution in [0.4, 0.5) is 8.78 Å². The molecule has 9 heteroatoms. The highest BCUT2D eigenvalue weighted by atomic mass is 79.9. The summed E-state index contributed by atoms with van der Waals surface area (Å²) in [5, 5.41) is 12.7. The number of aromatic nitrogens is 2. The summed E-state index contributed by atoms with van der Waals surface area (Å²) in [6.07, 6.45) is 2.33. The van der Waals surface area contributed by atoms with E-state index >= 15 is 0 Å². The molecule has 0 unspecified atom stereocenters. The molecule has 1 aromatic heterocycles. The summed E-state index contributed by atoms with van der Waals surface area (Å²) < 4.78 is 31.3. The van der Waals surface area contributed by atoms with Gasteiger partial charge in [-0.2, -0.15) is 0 Å². The van der Waals surface area contributed by atoms with Gasteiger partial charge in [0.15, 0.2) is 4.77 Å². The molecule has 0 spiro atoms. The Balaban J connectivity index is 1.54. The Hall–Kier alpha value is -1.58. The Kier molecular flexibility index (Phi) is 5.41. The predicted molar refractivity (Wildman–Crippen MR) is 106 cm³/mol. The minimum absolute atomic E-state index is 0.0388. The average Bonchev–Trinajstić information content (AvgIpc) is 3.31. The lowest BCUT2D eigenvalue weighted by Gasteiger charge is -2.16. The van der Waals surface area contributed by atoms with Crippen molar-refractivity contribution in [2.75, 3.05) is 0 Å². The molecule has 5 nitrogen and oxygen atoms in total. The van der Waals surface area contributed by atoms with E-state index in [1.54, 1.807) is 0 Å². The minimum atomic E-state index is -0.597. The van der Waals surface area contributed by atoms with Crippen molar-refractivity contribution < 1.29 is 18.7 Å². The molecule has 3 N–H and O–H groups in total. The van der Waals surface area contributed by atoms with Crippen molar-refractivity contribution in [3.8, 4) is 0 Å². The number of carbonyl (C=O) groups excluding carboxylic acids is 1. The summed E-state index contributed by atoms with van der Waals surface area (Å²) in [6, 6.07) is 2.38. The second kappa shape index (κ2) is 7.68. The van der Waals surface area contributed by atoms with Gasteiger partial charge < -0.3 is 20.0 Å². The highest BCUT2D eigenvalue weighted by Crippen LogP contribution is 2.36. The zero-order valence-corrected chi connectivity index (χ0v) is 17.4. The number of aliphatic hydroxyl groups is 1. The third-order valence-electron chi connectivity index (χ3n) is 5.67. The number of aromatic amines is 1. The zero-order chi connectivity index (χ0) is 20.0. The standard InChI is InChI=1S/C19H20BrF2N3O2S/c20-10-4-5-11(21)17(18(10)22)9-6-14-13(24-19(28)25(14)8-9)7-16(27)23-12-2-1-3-15(12)26/h4-5,9,12,15,26H,1-3,6-8H2,(H,23,27)(H,24,28)/t9-,12-,15-/m0/s1. The van der Waals surface area contributed by atoms with Crippen LogP contribution >= 0.6 is 28.1 Å². The van der Waals surface area contributed by atoms with Gasteiger partial charge in [0.25, 0.3) is 0 Å². The lowest BCUT2D eigenvalue weighted by molar-refractivity contribution is -0.121. The highest BCUT2D eigenvalue weighted by Gasteiger charge is 2.32. The molecule has 1 aliphatic carbocycles. The molecule has 1 aromatic carbocycles. The number of hydrogen-bond donors (Lipinski definition) is 3. The van der Waals surface area contributed by atoms with Crippen LogP contribution in [0.1, 0.15) is 42.1 Å². The molecule has 1 amide bonds. The molecule has 2 aliphatic rings. The number of amides is 1. The number of carbonyl (C=O) groups is 1. The molecule has 28 heavy (non-hydrogen) atoms. The molecule has 0 saturated heterocycles. The van der Waals surface area contributed by atoms with Crippen LogP contribution < -0.4 is 5.32 Å². The van der Waals surface area contributed by atoms with Crippen LogP contribution in [0.25, 0.3) is 0 Å². The Labute approximate surface area is 174 Å². The van der Waals surface area contributed by atoms with E-state index in [-0.39, 0.29) is 34.3 Å². The topological polar surface area (TPSA) is 70.0 Å². The number of benzene rings is 1.